The summed E-state index contributed by atoms with van der Waals surface area (Å²) >= 11 is 0. The quantitative estimate of drug-likeness (QED) is 0.302. The molecule has 0 bridgehead atoms. The van der Waals surface area contributed by atoms with E-state index in [0.717, 1.165) is 4.90 Å². The lowest BCUT2D eigenvalue weighted by atomic mass is 10.1. The van der Waals surface area contributed by atoms with Crippen molar-refractivity contribution in [1.82, 2.24) is 15.0 Å². The standard InChI is InChI=1S/C24H17N3O7/c1-31-19-7-3-2-6-17(19)21-25-20(34-26-21)13-33-24(30)14-8-9-16-18(11-14)23(29)27(22(16)28)12-15-5-4-10-32-15/h2-11H,12-13H2,1H3. The zero-order chi connectivity index (χ0) is 23.7. The Hall–Kier alpha value is -4.73. The molecule has 0 saturated carbocycles. The highest BCUT2D eigenvalue weighted by Gasteiger charge is 2.36. The molecule has 10 nitrogen and oxygen atoms in total. The number of imide groups is 1. The Morgan fingerprint density at radius 1 is 1.00 bits per heavy atom. The third-order valence-electron chi connectivity index (χ3n) is 5.24. The SMILES string of the molecule is COc1ccccc1-c1noc(COC(=O)c2ccc3c(c2)C(=O)N(Cc2ccco2)C3=O)n1. The molecule has 0 unspecified atom stereocenters. The molecule has 34 heavy (non-hydrogen) atoms. The number of rotatable bonds is 7. The number of hydrogen-bond acceptors (Lipinski definition) is 9. The molecular formula is C24H17N3O7. The van der Waals surface area contributed by atoms with E-state index in [9.17, 15) is 14.4 Å². The fourth-order valence-electron chi connectivity index (χ4n) is 3.58. The number of carbonyl (C=O) groups is 3. The molecule has 0 fully saturated rings. The second-order valence-corrected chi connectivity index (χ2v) is 7.32. The van der Waals surface area contributed by atoms with Crippen molar-refractivity contribution in [1.29, 1.82) is 0 Å². The molecule has 2 aromatic heterocycles. The molecule has 170 valence electrons. The van der Waals surface area contributed by atoms with Crippen LogP contribution in [0, 0.1) is 0 Å². The van der Waals surface area contributed by atoms with Crippen molar-refractivity contribution in [3.05, 3.63) is 89.2 Å². The van der Waals surface area contributed by atoms with E-state index in [4.69, 9.17) is 18.4 Å². The number of methoxy groups -OCH3 is 1. The maximum Gasteiger partial charge on any atom is 0.338 e. The highest BCUT2D eigenvalue weighted by Crippen LogP contribution is 2.28. The van der Waals surface area contributed by atoms with Gasteiger partial charge in [-0.1, -0.05) is 17.3 Å². The molecule has 0 N–H and O–H groups in total. The Balaban J connectivity index is 1.27. The Morgan fingerprint density at radius 2 is 1.82 bits per heavy atom. The number of aromatic nitrogens is 2. The number of fused-ring (bicyclic) bond motifs is 1. The lowest BCUT2D eigenvalue weighted by Crippen LogP contribution is -2.28. The summed E-state index contributed by atoms with van der Waals surface area (Å²) in [5, 5.41) is 3.90. The van der Waals surface area contributed by atoms with Crippen LogP contribution in [-0.4, -0.2) is 39.9 Å². The van der Waals surface area contributed by atoms with Crippen LogP contribution < -0.4 is 4.74 Å². The first-order valence-corrected chi connectivity index (χ1v) is 10.2. The molecule has 10 heteroatoms. The van der Waals surface area contributed by atoms with Gasteiger partial charge in [0.2, 0.25) is 5.82 Å². The third-order valence-corrected chi connectivity index (χ3v) is 5.24. The summed E-state index contributed by atoms with van der Waals surface area (Å²) in [6, 6.07) is 14.7. The van der Waals surface area contributed by atoms with Gasteiger partial charge in [-0.15, -0.1) is 0 Å². The van der Waals surface area contributed by atoms with Crippen LogP contribution in [0.5, 0.6) is 5.75 Å². The number of nitrogens with zero attached hydrogens (tertiary/aromatic N) is 3. The summed E-state index contributed by atoms with van der Waals surface area (Å²) in [6.45, 7) is -0.264. The van der Waals surface area contributed by atoms with Crippen molar-refractivity contribution in [3.8, 4) is 17.1 Å². The Bertz CT molecular complexity index is 1390. The monoisotopic (exact) mass is 459 g/mol. The summed E-state index contributed by atoms with van der Waals surface area (Å²) in [5.74, 6) is -0.236. The summed E-state index contributed by atoms with van der Waals surface area (Å²) in [6.07, 6.45) is 1.46. The second kappa shape index (κ2) is 8.66. The maximum atomic E-state index is 12.7. The van der Waals surface area contributed by atoms with Crippen LogP contribution in [0.2, 0.25) is 0 Å². The summed E-state index contributed by atoms with van der Waals surface area (Å²) in [7, 11) is 1.53. The minimum atomic E-state index is -0.704. The van der Waals surface area contributed by atoms with Gasteiger partial charge in [0, 0.05) is 0 Å². The fourth-order valence-corrected chi connectivity index (χ4v) is 3.58. The van der Waals surface area contributed by atoms with Gasteiger partial charge < -0.3 is 18.4 Å². The van der Waals surface area contributed by atoms with Gasteiger partial charge in [-0.05, 0) is 42.5 Å². The van der Waals surface area contributed by atoms with Gasteiger partial charge in [0.15, 0.2) is 6.61 Å². The van der Waals surface area contributed by atoms with Crippen molar-refractivity contribution < 1.29 is 32.8 Å². The lowest BCUT2D eigenvalue weighted by molar-refractivity contribution is 0.0429. The smallest absolute Gasteiger partial charge is 0.338 e. The number of amides is 2. The van der Waals surface area contributed by atoms with Crippen LogP contribution in [0.4, 0.5) is 0 Å². The van der Waals surface area contributed by atoms with Gasteiger partial charge >= 0.3 is 5.97 Å². The van der Waals surface area contributed by atoms with E-state index in [0.29, 0.717) is 22.9 Å². The van der Waals surface area contributed by atoms with Crippen molar-refractivity contribution in [2.75, 3.05) is 7.11 Å². The Kier molecular flexibility index (Phi) is 5.38. The first-order chi connectivity index (χ1) is 16.5. The molecule has 0 aliphatic carbocycles. The Labute approximate surface area is 192 Å². The van der Waals surface area contributed by atoms with E-state index < -0.39 is 17.8 Å². The molecular weight excluding hydrogens is 442 g/mol. The molecule has 3 heterocycles. The van der Waals surface area contributed by atoms with Gasteiger partial charge in [-0.2, -0.15) is 4.98 Å². The van der Waals surface area contributed by atoms with E-state index in [-0.39, 0.29) is 35.7 Å². The van der Waals surface area contributed by atoms with Crippen molar-refractivity contribution in [2.24, 2.45) is 0 Å². The average Bonchev–Trinajstić information content (AvgIpc) is 3.61. The van der Waals surface area contributed by atoms with E-state index >= 15 is 0 Å². The topological polar surface area (TPSA) is 125 Å². The lowest BCUT2D eigenvalue weighted by Gasteiger charge is -2.11. The molecule has 4 aromatic rings. The average molecular weight is 459 g/mol. The van der Waals surface area contributed by atoms with Crippen molar-refractivity contribution >= 4 is 17.8 Å². The fraction of sp³-hybridized carbons (Fsp3) is 0.125. The molecule has 1 aliphatic rings. The zero-order valence-electron chi connectivity index (χ0n) is 17.9. The first kappa shape index (κ1) is 21.1. The predicted molar refractivity (Wildman–Crippen MR) is 115 cm³/mol. The van der Waals surface area contributed by atoms with Crippen LogP contribution in [-0.2, 0) is 17.9 Å². The minimum Gasteiger partial charge on any atom is -0.496 e. The predicted octanol–water partition coefficient (Wildman–Crippen LogP) is 3.49. The van der Waals surface area contributed by atoms with E-state index in [1.807, 2.05) is 12.1 Å². The summed E-state index contributed by atoms with van der Waals surface area (Å²) in [4.78, 5) is 43.2. The molecule has 0 saturated heterocycles. The molecule has 0 spiro atoms. The Morgan fingerprint density at radius 3 is 2.62 bits per heavy atom. The summed E-state index contributed by atoms with van der Waals surface area (Å²) in [5.41, 5.74) is 1.09. The highest BCUT2D eigenvalue weighted by atomic mass is 16.6. The summed E-state index contributed by atoms with van der Waals surface area (Å²) < 4.78 is 20.9. The normalized spacial score (nSPS) is 12.7. The van der Waals surface area contributed by atoms with Crippen LogP contribution in [0.1, 0.15) is 42.7 Å². The second-order valence-electron chi connectivity index (χ2n) is 7.32. The van der Waals surface area contributed by atoms with Crippen molar-refractivity contribution in [2.45, 2.75) is 13.2 Å². The molecule has 5 rings (SSSR count). The van der Waals surface area contributed by atoms with Crippen LogP contribution in [0.25, 0.3) is 11.4 Å². The van der Waals surface area contributed by atoms with Crippen LogP contribution in [0.3, 0.4) is 0 Å². The molecule has 2 aromatic carbocycles. The van der Waals surface area contributed by atoms with Gasteiger partial charge in [0.05, 0.1) is 42.2 Å². The number of carbonyl (C=O) groups excluding carboxylic acids is 3. The van der Waals surface area contributed by atoms with Gasteiger partial charge in [0.1, 0.15) is 11.5 Å². The number of benzene rings is 2. The zero-order valence-corrected chi connectivity index (χ0v) is 17.9. The number of ether oxygens (including phenoxy) is 2. The number of hydrogen-bond donors (Lipinski definition) is 0. The number of esters is 1. The molecule has 0 atom stereocenters. The van der Waals surface area contributed by atoms with Crippen LogP contribution in [0.15, 0.2) is 69.8 Å². The number of para-hydroxylation sites is 1. The van der Waals surface area contributed by atoms with Crippen LogP contribution >= 0.6 is 0 Å². The molecule has 1 aliphatic heterocycles. The third kappa shape index (κ3) is 3.81. The molecule has 2 amide bonds. The highest BCUT2D eigenvalue weighted by molar-refractivity contribution is 6.21. The minimum absolute atomic E-state index is 0.00478. The van der Waals surface area contributed by atoms with Gasteiger partial charge in [-0.3, -0.25) is 14.5 Å². The van der Waals surface area contributed by atoms with E-state index in [1.165, 1.54) is 31.6 Å². The maximum absolute atomic E-state index is 12.7. The van der Waals surface area contributed by atoms with E-state index in [2.05, 4.69) is 10.1 Å². The van der Waals surface area contributed by atoms with Crippen molar-refractivity contribution in [3.63, 3.8) is 0 Å². The first-order valence-electron chi connectivity index (χ1n) is 10.2. The van der Waals surface area contributed by atoms with Gasteiger partial charge in [-0.25, -0.2) is 4.79 Å². The number of furan rings is 1. The largest absolute Gasteiger partial charge is 0.496 e. The van der Waals surface area contributed by atoms with E-state index in [1.54, 1.807) is 24.3 Å². The molecule has 0 radical (unpaired) electrons. The van der Waals surface area contributed by atoms with Gasteiger partial charge in [0.25, 0.3) is 17.7 Å².